The molecule has 1 aromatic rings. The summed E-state index contributed by atoms with van der Waals surface area (Å²) in [5.41, 5.74) is 2.12. The van der Waals surface area contributed by atoms with Gasteiger partial charge in [-0.05, 0) is 12.5 Å². The molecule has 2 heteroatoms. The highest BCUT2D eigenvalue weighted by Crippen LogP contribution is 2.07. The molecule has 0 aromatic heterocycles. The van der Waals surface area contributed by atoms with E-state index in [0.29, 0.717) is 0 Å². The Kier molecular flexibility index (Phi) is 3.08. The second-order valence-electron chi connectivity index (χ2n) is 3.48. The van der Waals surface area contributed by atoms with Crippen LogP contribution >= 0.6 is 0 Å². The Hall–Kier alpha value is -1.70. The van der Waals surface area contributed by atoms with Crippen LogP contribution in [-0.2, 0) is 0 Å². The first-order valence-corrected chi connectivity index (χ1v) is 5.23. The highest BCUT2D eigenvalue weighted by Gasteiger charge is 2.03. The van der Waals surface area contributed by atoms with Gasteiger partial charge in [-0.2, -0.15) is 0 Å². The van der Waals surface area contributed by atoms with Crippen LogP contribution < -0.4 is 0 Å². The van der Waals surface area contributed by atoms with E-state index >= 15 is 0 Å². The second kappa shape index (κ2) is 4.69. The summed E-state index contributed by atoms with van der Waals surface area (Å²) in [6.07, 6.45) is 6.84. The number of nitrogens with zero attached hydrogens (tertiary/aromatic N) is 2. The summed E-state index contributed by atoms with van der Waals surface area (Å²) >= 11 is 0. The normalized spacial score (nSPS) is 19.8. The predicted octanol–water partition coefficient (Wildman–Crippen LogP) is 2.85. The molecule has 1 aliphatic heterocycles. The molecule has 1 unspecified atom stereocenters. The highest BCUT2D eigenvalue weighted by molar-refractivity contribution is 6.11. The van der Waals surface area contributed by atoms with Gasteiger partial charge in [-0.3, -0.25) is 4.99 Å². The van der Waals surface area contributed by atoms with Gasteiger partial charge in [0.1, 0.15) is 6.34 Å². The summed E-state index contributed by atoms with van der Waals surface area (Å²) in [5.74, 6) is 0. The molecule has 15 heavy (non-hydrogen) atoms. The molecular formula is C13H14N2. The molecule has 0 radical (unpaired) electrons. The summed E-state index contributed by atoms with van der Waals surface area (Å²) < 4.78 is 0. The van der Waals surface area contributed by atoms with Gasteiger partial charge < -0.3 is 0 Å². The van der Waals surface area contributed by atoms with E-state index in [9.17, 15) is 0 Å². The number of benzene rings is 1. The van der Waals surface area contributed by atoms with Crippen molar-refractivity contribution in [2.45, 2.75) is 19.4 Å². The van der Waals surface area contributed by atoms with Gasteiger partial charge in [0, 0.05) is 5.56 Å². The van der Waals surface area contributed by atoms with E-state index in [-0.39, 0.29) is 6.04 Å². The maximum atomic E-state index is 4.33. The average molecular weight is 198 g/mol. The molecule has 1 aliphatic rings. The largest absolute Gasteiger partial charge is 0.266 e. The molecular weight excluding hydrogens is 184 g/mol. The van der Waals surface area contributed by atoms with Crippen LogP contribution in [0.5, 0.6) is 0 Å². The zero-order chi connectivity index (χ0) is 10.5. The van der Waals surface area contributed by atoms with Gasteiger partial charge in [0.05, 0.1) is 11.8 Å². The fourth-order valence-electron chi connectivity index (χ4n) is 1.50. The molecule has 0 N–H and O–H groups in total. The van der Waals surface area contributed by atoms with E-state index in [2.05, 4.69) is 41.2 Å². The van der Waals surface area contributed by atoms with Crippen molar-refractivity contribution in [1.29, 1.82) is 0 Å². The molecule has 0 saturated carbocycles. The van der Waals surface area contributed by atoms with Crippen molar-refractivity contribution in [3.05, 3.63) is 48.0 Å². The van der Waals surface area contributed by atoms with Crippen LogP contribution in [0.25, 0.3) is 0 Å². The molecule has 1 heterocycles. The molecule has 0 spiro atoms. The van der Waals surface area contributed by atoms with Crippen molar-refractivity contribution in [3.63, 3.8) is 0 Å². The van der Waals surface area contributed by atoms with Crippen LogP contribution in [0.1, 0.15) is 18.9 Å². The lowest BCUT2D eigenvalue weighted by Gasteiger charge is -1.99. The minimum absolute atomic E-state index is 0.273. The smallest absolute Gasteiger partial charge is 0.111 e. The first-order valence-electron chi connectivity index (χ1n) is 5.23. The number of hydrogen-bond donors (Lipinski definition) is 0. The molecule has 2 rings (SSSR count). The number of aliphatic imine (C=N–C) groups is 2. The van der Waals surface area contributed by atoms with Gasteiger partial charge in [-0.1, -0.05) is 43.3 Å². The Balaban J connectivity index is 2.26. The third-order valence-electron chi connectivity index (χ3n) is 2.42. The Morgan fingerprint density at radius 3 is 2.73 bits per heavy atom. The SMILES string of the molecule is CCC1C=CC(c2ccccc2)=NC=N1. The van der Waals surface area contributed by atoms with Crippen LogP contribution in [-0.4, -0.2) is 18.1 Å². The zero-order valence-corrected chi connectivity index (χ0v) is 8.80. The Bertz CT molecular complexity index is 402. The van der Waals surface area contributed by atoms with Crippen molar-refractivity contribution in [2.24, 2.45) is 9.98 Å². The molecule has 0 aliphatic carbocycles. The third-order valence-corrected chi connectivity index (χ3v) is 2.42. The van der Waals surface area contributed by atoms with Gasteiger partial charge >= 0.3 is 0 Å². The minimum Gasteiger partial charge on any atom is -0.266 e. The van der Waals surface area contributed by atoms with Gasteiger partial charge in [0.15, 0.2) is 0 Å². The van der Waals surface area contributed by atoms with E-state index in [1.165, 1.54) is 0 Å². The fraction of sp³-hybridized carbons (Fsp3) is 0.231. The summed E-state index contributed by atoms with van der Waals surface area (Å²) in [6, 6.07) is 10.4. The second-order valence-corrected chi connectivity index (χ2v) is 3.48. The van der Waals surface area contributed by atoms with Crippen molar-refractivity contribution in [1.82, 2.24) is 0 Å². The Morgan fingerprint density at radius 1 is 1.20 bits per heavy atom. The highest BCUT2D eigenvalue weighted by atomic mass is 14.9. The summed E-state index contributed by atoms with van der Waals surface area (Å²) in [6.45, 7) is 2.12. The molecule has 1 atom stereocenters. The first-order chi connectivity index (χ1) is 7.40. The minimum atomic E-state index is 0.273. The molecule has 2 nitrogen and oxygen atoms in total. The van der Waals surface area contributed by atoms with E-state index in [1.54, 1.807) is 6.34 Å². The Morgan fingerprint density at radius 2 is 2.00 bits per heavy atom. The van der Waals surface area contributed by atoms with E-state index in [0.717, 1.165) is 17.7 Å². The topological polar surface area (TPSA) is 24.7 Å². The van der Waals surface area contributed by atoms with Crippen LogP contribution in [0.2, 0.25) is 0 Å². The monoisotopic (exact) mass is 198 g/mol. The lowest BCUT2D eigenvalue weighted by Crippen LogP contribution is -1.97. The quantitative estimate of drug-likeness (QED) is 0.698. The van der Waals surface area contributed by atoms with Crippen LogP contribution in [0.4, 0.5) is 0 Å². The van der Waals surface area contributed by atoms with Crippen LogP contribution in [0.15, 0.2) is 52.5 Å². The van der Waals surface area contributed by atoms with Gasteiger partial charge in [0.2, 0.25) is 0 Å². The van der Waals surface area contributed by atoms with Crippen molar-refractivity contribution in [2.75, 3.05) is 0 Å². The van der Waals surface area contributed by atoms with Gasteiger partial charge in [0.25, 0.3) is 0 Å². The lowest BCUT2D eigenvalue weighted by atomic mass is 10.1. The average Bonchev–Trinajstić information content (AvgIpc) is 2.55. The van der Waals surface area contributed by atoms with Crippen LogP contribution in [0.3, 0.4) is 0 Å². The van der Waals surface area contributed by atoms with Gasteiger partial charge in [-0.15, -0.1) is 0 Å². The first kappa shape index (κ1) is 9.84. The summed E-state index contributed by atoms with van der Waals surface area (Å²) in [5, 5.41) is 0. The lowest BCUT2D eigenvalue weighted by molar-refractivity contribution is 0.789. The Labute approximate surface area is 90.1 Å². The molecule has 1 aromatic carbocycles. The van der Waals surface area contributed by atoms with Crippen molar-refractivity contribution < 1.29 is 0 Å². The summed E-state index contributed by atoms with van der Waals surface area (Å²) in [4.78, 5) is 8.65. The third kappa shape index (κ3) is 2.40. The number of allylic oxidation sites excluding steroid dienone is 1. The number of hydrogen-bond acceptors (Lipinski definition) is 2. The summed E-state index contributed by atoms with van der Waals surface area (Å²) in [7, 11) is 0. The molecule has 0 saturated heterocycles. The molecule has 0 fully saturated rings. The fourth-order valence-corrected chi connectivity index (χ4v) is 1.50. The predicted molar refractivity (Wildman–Crippen MR) is 64.7 cm³/mol. The van der Waals surface area contributed by atoms with E-state index in [1.807, 2.05) is 18.2 Å². The van der Waals surface area contributed by atoms with Crippen molar-refractivity contribution in [3.8, 4) is 0 Å². The maximum Gasteiger partial charge on any atom is 0.111 e. The van der Waals surface area contributed by atoms with E-state index in [4.69, 9.17) is 0 Å². The zero-order valence-electron chi connectivity index (χ0n) is 8.80. The molecule has 0 amide bonds. The number of rotatable bonds is 2. The van der Waals surface area contributed by atoms with Crippen molar-refractivity contribution >= 4 is 12.1 Å². The van der Waals surface area contributed by atoms with E-state index < -0.39 is 0 Å². The maximum absolute atomic E-state index is 4.33. The molecule has 76 valence electrons. The van der Waals surface area contributed by atoms with Crippen LogP contribution in [0, 0.1) is 0 Å². The molecule has 0 bridgehead atoms. The van der Waals surface area contributed by atoms with Gasteiger partial charge in [-0.25, -0.2) is 4.99 Å². The standard InChI is InChI=1S/C13H14N2/c1-2-12-8-9-13(15-10-14-12)11-6-4-3-5-7-11/h3-10,12H,2H2,1H3.